The summed E-state index contributed by atoms with van der Waals surface area (Å²) >= 11 is 5.42. The Balaban J connectivity index is 1.65. The van der Waals surface area contributed by atoms with E-state index in [0.717, 1.165) is 42.3 Å². The molecule has 1 heterocycles. The molecule has 2 aromatic rings. The summed E-state index contributed by atoms with van der Waals surface area (Å²) in [6.45, 7) is 1.90. The van der Waals surface area contributed by atoms with Crippen LogP contribution >= 0.6 is 12.2 Å². The molecular weight excluding hydrogens is 304 g/mol. The van der Waals surface area contributed by atoms with Crippen LogP contribution in [0.2, 0.25) is 0 Å². The standard InChI is InChI=1S/C19H22N2OS/c22-18(20-19(23)21-12-5-1-2-6-13-21)14-16-10-7-9-15-8-3-4-11-17(15)16/h3-4,7-11H,1-2,5-6,12-14H2,(H,20,22,23). The third-order valence-electron chi connectivity index (χ3n) is 4.37. The summed E-state index contributed by atoms with van der Waals surface area (Å²) in [5.74, 6) is -0.0319. The van der Waals surface area contributed by atoms with Crippen molar-refractivity contribution in [1.82, 2.24) is 10.2 Å². The Kier molecular flexibility index (Phi) is 5.23. The van der Waals surface area contributed by atoms with E-state index in [0.29, 0.717) is 11.5 Å². The zero-order valence-corrected chi connectivity index (χ0v) is 14.1. The van der Waals surface area contributed by atoms with Crippen LogP contribution in [0.1, 0.15) is 31.2 Å². The van der Waals surface area contributed by atoms with Crippen LogP contribution in [-0.2, 0) is 11.2 Å². The van der Waals surface area contributed by atoms with Crippen LogP contribution in [0, 0.1) is 0 Å². The quantitative estimate of drug-likeness (QED) is 0.855. The molecule has 0 atom stereocenters. The molecule has 2 aromatic carbocycles. The maximum atomic E-state index is 12.4. The molecule has 0 aliphatic carbocycles. The van der Waals surface area contributed by atoms with Crippen LogP contribution in [0.25, 0.3) is 10.8 Å². The molecule has 3 nitrogen and oxygen atoms in total. The van der Waals surface area contributed by atoms with Crippen LogP contribution in [0.3, 0.4) is 0 Å². The monoisotopic (exact) mass is 326 g/mol. The average Bonchev–Trinajstić information content (AvgIpc) is 2.84. The molecule has 1 aliphatic heterocycles. The number of likely N-dealkylation sites (tertiary alicyclic amines) is 1. The molecule has 0 spiro atoms. The number of amides is 1. The molecule has 1 amide bonds. The van der Waals surface area contributed by atoms with Gasteiger partial charge in [-0.05, 0) is 41.4 Å². The van der Waals surface area contributed by atoms with Crippen LogP contribution in [-0.4, -0.2) is 29.0 Å². The van der Waals surface area contributed by atoms with E-state index in [1.54, 1.807) is 0 Å². The molecule has 1 saturated heterocycles. The molecule has 4 heteroatoms. The number of carbonyl (C=O) groups is 1. The predicted octanol–water partition coefficient (Wildman–Crippen LogP) is 3.66. The third kappa shape index (κ3) is 4.08. The van der Waals surface area contributed by atoms with E-state index < -0.39 is 0 Å². The van der Waals surface area contributed by atoms with E-state index in [9.17, 15) is 4.79 Å². The number of benzene rings is 2. The van der Waals surface area contributed by atoms with Gasteiger partial charge in [-0.15, -0.1) is 0 Å². The van der Waals surface area contributed by atoms with Gasteiger partial charge in [-0.25, -0.2) is 0 Å². The van der Waals surface area contributed by atoms with Gasteiger partial charge in [0.25, 0.3) is 0 Å². The van der Waals surface area contributed by atoms with Crippen LogP contribution in [0.5, 0.6) is 0 Å². The van der Waals surface area contributed by atoms with Gasteiger partial charge >= 0.3 is 0 Å². The number of hydrogen-bond acceptors (Lipinski definition) is 2. The van der Waals surface area contributed by atoms with Gasteiger partial charge in [0.2, 0.25) is 5.91 Å². The average molecular weight is 326 g/mol. The normalized spacial score (nSPS) is 15.2. The minimum Gasteiger partial charge on any atom is -0.349 e. The van der Waals surface area contributed by atoms with E-state index in [2.05, 4.69) is 28.4 Å². The number of rotatable bonds is 2. The second kappa shape index (κ2) is 7.55. The van der Waals surface area contributed by atoms with Gasteiger partial charge in [-0.1, -0.05) is 55.3 Å². The first kappa shape index (κ1) is 15.9. The van der Waals surface area contributed by atoms with Gasteiger partial charge in [0.05, 0.1) is 6.42 Å². The van der Waals surface area contributed by atoms with Crippen LogP contribution in [0.15, 0.2) is 42.5 Å². The first-order chi connectivity index (χ1) is 11.2. The Labute approximate surface area is 142 Å². The fraction of sp³-hybridized carbons (Fsp3) is 0.368. The number of fused-ring (bicyclic) bond motifs is 1. The Hall–Kier alpha value is -1.94. The summed E-state index contributed by atoms with van der Waals surface area (Å²) in [6, 6.07) is 14.2. The minimum absolute atomic E-state index is 0.0319. The fourth-order valence-electron chi connectivity index (χ4n) is 3.14. The third-order valence-corrected chi connectivity index (χ3v) is 4.73. The molecule has 1 fully saturated rings. The van der Waals surface area contributed by atoms with Crippen LogP contribution in [0.4, 0.5) is 0 Å². The van der Waals surface area contributed by atoms with Crippen molar-refractivity contribution in [2.24, 2.45) is 0 Å². The molecule has 3 rings (SSSR count). The van der Waals surface area contributed by atoms with E-state index >= 15 is 0 Å². The summed E-state index contributed by atoms with van der Waals surface area (Å²) in [4.78, 5) is 14.5. The van der Waals surface area contributed by atoms with Crippen LogP contribution < -0.4 is 5.32 Å². The summed E-state index contributed by atoms with van der Waals surface area (Å²) in [6.07, 6.45) is 5.17. The number of nitrogens with zero attached hydrogens (tertiary/aromatic N) is 1. The first-order valence-electron chi connectivity index (χ1n) is 8.29. The lowest BCUT2D eigenvalue weighted by atomic mass is 10.0. The molecule has 0 aromatic heterocycles. The van der Waals surface area contributed by atoms with Gasteiger partial charge in [-0.2, -0.15) is 0 Å². The van der Waals surface area contributed by atoms with E-state index in [1.807, 2.05) is 24.3 Å². The van der Waals surface area contributed by atoms with Crippen molar-refractivity contribution in [3.63, 3.8) is 0 Å². The first-order valence-corrected chi connectivity index (χ1v) is 8.70. The van der Waals surface area contributed by atoms with Crippen molar-refractivity contribution in [2.75, 3.05) is 13.1 Å². The van der Waals surface area contributed by atoms with Gasteiger partial charge in [0.1, 0.15) is 0 Å². The summed E-state index contributed by atoms with van der Waals surface area (Å²) in [5, 5.41) is 5.78. The lowest BCUT2D eigenvalue weighted by Gasteiger charge is -2.23. The van der Waals surface area contributed by atoms with Crippen molar-refractivity contribution >= 4 is 34.0 Å². The Morgan fingerprint density at radius 3 is 2.48 bits per heavy atom. The van der Waals surface area contributed by atoms with Crippen molar-refractivity contribution in [2.45, 2.75) is 32.1 Å². The number of carbonyl (C=O) groups excluding carboxylic acids is 1. The molecule has 23 heavy (non-hydrogen) atoms. The Morgan fingerprint density at radius 1 is 1.00 bits per heavy atom. The van der Waals surface area contributed by atoms with E-state index in [-0.39, 0.29) is 5.91 Å². The zero-order valence-electron chi connectivity index (χ0n) is 13.3. The highest BCUT2D eigenvalue weighted by atomic mass is 32.1. The molecule has 0 unspecified atom stereocenters. The molecule has 1 N–H and O–H groups in total. The number of nitrogens with one attached hydrogen (secondary N) is 1. The number of hydrogen-bond donors (Lipinski definition) is 1. The fourth-order valence-corrected chi connectivity index (χ4v) is 3.43. The van der Waals surface area contributed by atoms with Crippen molar-refractivity contribution < 1.29 is 4.79 Å². The van der Waals surface area contributed by atoms with Crippen molar-refractivity contribution in [3.8, 4) is 0 Å². The topological polar surface area (TPSA) is 32.3 Å². The lowest BCUT2D eigenvalue weighted by molar-refractivity contribution is -0.119. The van der Waals surface area contributed by atoms with Gasteiger partial charge < -0.3 is 10.2 Å². The molecule has 0 bridgehead atoms. The zero-order chi connectivity index (χ0) is 16.1. The highest BCUT2D eigenvalue weighted by Crippen LogP contribution is 2.19. The lowest BCUT2D eigenvalue weighted by Crippen LogP contribution is -2.43. The highest BCUT2D eigenvalue weighted by molar-refractivity contribution is 7.80. The van der Waals surface area contributed by atoms with E-state index in [4.69, 9.17) is 12.2 Å². The molecule has 120 valence electrons. The largest absolute Gasteiger partial charge is 0.349 e. The maximum absolute atomic E-state index is 12.4. The molecule has 1 aliphatic rings. The Morgan fingerprint density at radius 2 is 1.70 bits per heavy atom. The second-order valence-electron chi connectivity index (χ2n) is 6.07. The molecule has 0 radical (unpaired) electrons. The summed E-state index contributed by atoms with van der Waals surface area (Å²) in [7, 11) is 0. The van der Waals surface area contributed by atoms with Gasteiger partial charge in [0, 0.05) is 13.1 Å². The van der Waals surface area contributed by atoms with E-state index in [1.165, 1.54) is 12.8 Å². The SMILES string of the molecule is O=C(Cc1cccc2ccccc12)NC(=S)N1CCCCCC1. The van der Waals surface area contributed by atoms with Gasteiger partial charge in [-0.3, -0.25) is 4.79 Å². The smallest absolute Gasteiger partial charge is 0.230 e. The Bertz CT molecular complexity index is 700. The van der Waals surface area contributed by atoms with Gasteiger partial charge in [0.15, 0.2) is 5.11 Å². The highest BCUT2D eigenvalue weighted by Gasteiger charge is 2.15. The van der Waals surface area contributed by atoms with Crippen molar-refractivity contribution in [1.29, 1.82) is 0 Å². The summed E-state index contributed by atoms with van der Waals surface area (Å²) < 4.78 is 0. The number of thiocarbonyl (C=S) groups is 1. The molecular formula is C19H22N2OS. The minimum atomic E-state index is -0.0319. The predicted molar refractivity (Wildman–Crippen MR) is 98.4 cm³/mol. The maximum Gasteiger partial charge on any atom is 0.230 e. The van der Waals surface area contributed by atoms with Crippen molar-refractivity contribution in [3.05, 3.63) is 48.0 Å². The summed E-state index contributed by atoms with van der Waals surface area (Å²) in [5.41, 5.74) is 1.04. The molecule has 0 saturated carbocycles. The second-order valence-corrected chi connectivity index (χ2v) is 6.46.